The highest BCUT2D eigenvalue weighted by Crippen LogP contribution is 2.35. The van der Waals surface area contributed by atoms with Crippen LogP contribution in [0, 0.1) is 5.92 Å². The third kappa shape index (κ3) is 3.63. The molecular weight excluding hydrogens is 399 g/mol. The average molecular weight is 423 g/mol. The fourth-order valence-corrected chi connectivity index (χ4v) is 4.36. The molecule has 0 saturated carbocycles. The number of aryl methyl sites for hydroxylation is 1. The first-order valence-electron chi connectivity index (χ1n) is 10.2. The zero-order chi connectivity index (χ0) is 21.6. The highest BCUT2D eigenvalue weighted by molar-refractivity contribution is 5.95. The van der Waals surface area contributed by atoms with Gasteiger partial charge in [0.2, 0.25) is 5.95 Å². The van der Waals surface area contributed by atoms with Gasteiger partial charge in [-0.1, -0.05) is 13.8 Å². The maximum atomic E-state index is 13.1. The Bertz CT molecular complexity index is 1020. The van der Waals surface area contributed by atoms with Gasteiger partial charge in [-0.3, -0.25) is 14.6 Å². The van der Waals surface area contributed by atoms with Gasteiger partial charge in [-0.2, -0.15) is 18.3 Å². The molecule has 1 aliphatic carbocycles. The standard InChI is InChI=1S/C20H24F3N5O2/c1-11(2)16-14(18(30)27-8-6-12(7-9-27)20(21,22)23)10-24-28(16)19-25-15-5-3-4-13(15)17(29)26-19/h10-12H,3-9H2,1-2H3,(H,25,26,29). The fraction of sp³-hybridized carbons (Fsp3) is 0.600. The number of likely N-dealkylation sites (tertiary alicyclic amines) is 1. The Morgan fingerprint density at radius 3 is 2.57 bits per heavy atom. The summed E-state index contributed by atoms with van der Waals surface area (Å²) in [6.07, 6.45) is -0.700. The molecule has 0 spiro atoms. The summed E-state index contributed by atoms with van der Waals surface area (Å²) in [6, 6.07) is 0. The van der Waals surface area contributed by atoms with Crippen molar-refractivity contribution in [1.29, 1.82) is 0 Å². The molecule has 1 N–H and O–H groups in total. The van der Waals surface area contributed by atoms with Crippen molar-refractivity contribution in [3.8, 4) is 5.95 Å². The molecule has 1 amide bonds. The molecule has 0 aromatic carbocycles. The van der Waals surface area contributed by atoms with Crippen molar-refractivity contribution in [2.45, 2.75) is 58.0 Å². The molecule has 10 heteroatoms. The van der Waals surface area contributed by atoms with Crippen molar-refractivity contribution in [3.63, 3.8) is 0 Å². The van der Waals surface area contributed by atoms with Crippen LogP contribution in [0.2, 0.25) is 0 Å². The van der Waals surface area contributed by atoms with Crippen LogP contribution in [0.25, 0.3) is 5.95 Å². The highest BCUT2D eigenvalue weighted by atomic mass is 19.4. The lowest BCUT2D eigenvalue weighted by molar-refractivity contribution is -0.183. The molecule has 30 heavy (non-hydrogen) atoms. The van der Waals surface area contributed by atoms with Crippen molar-refractivity contribution in [2.75, 3.05) is 13.1 Å². The van der Waals surface area contributed by atoms with E-state index in [9.17, 15) is 22.8 Å². The zero-order valence-corrected chi connectivity index (χ0v) is 16.9. The second-order valence-corrected chi connectivity index (χ2v) is 8.29. The molecule has 0 radical (unpaired) electrons. The number of amides is 1. The van der Waals surface area contributed by atoms with Crippen molar-refractivity contribution in [1.82, 2.24) is 24.6 Å². The molecule has 4 rings (SSSR count). The number of carbonyl (C=O) groups excluding carboxylic acids is 1. The first kappa shape index (κ1) is 20.6. The van der Waals surface area contributed by atoms with Gasteiger partial charge in [-0.05, 0) is 38.0 Å². The minimum atomic E-state index is -4.23. The van der Waals surface area contributed by atoms with Crippen LogP contribution in [0.1, 0.15) is 66.3 Å². The van der Waals surface area contributed by atoms with E-state index in [1.807, 2.05) is 13.8 Å². The normalized spacial score (nSPS) is 17.6. The van der Waals surface area contributed by atoms with Crippen molar-refractivity contribution in [3.05, 3.63) is 39.1 Å². The number of piperidine rings is 1. The monoisotopic (exact) mass is 423 g/mol. The van der Waals surface area contributed by atoms with Crippen LogP contribution in [0.15, 0.2) is 11.0 Å². The number of rotatable bonds is 3. The minimum absolute atomic E-state index is 0.0552. The van der Waals surface area contributed by atoms with Gasteiger partial charge < -0.3 is 4.90 Å². The molecular formula is C20H24F3N5O2. The lowest BCUT2D eigenvalue weighted by atomic mass is 9.95. The maximum Gasteiger partial charge on any atom is 0.391 e. The van der Waals surface area contributed by atoms with Gasteiger partial charge in [-0.25, -0.2) is 9.67 Å². The van der Waals surface area contributed by atoms with Crippen LogP contribution in [-0.4, -0.2) is 49.8 Å². The summed E-state index contributed by atoms with van der Waals surface area (Å²) in [6.45, 7) is 3.90. The Kier molecular flexibility index (Phi) is 5.19. The van der Waals surface area contributed by atoms with E-state index >= 15 is 0 Å². The summed E-state index contributed by atoms with van der Waals surface area (Å²) in [7, 11) is 0. The Hall–Kier alpha value is -2.65. The molecule has 1 saturated heterocycles. The first-order chi connectivity index (χ1) is 14.2. The Balaban J connectivity index is 1.63. The molecule has 1 fully saturated rings. The summed E-state index contributed by atoms with van der Waals surface area (Å²) in [4.78, 5) is 34.2. The molecule has 3 heterocycles. The quantitative estimate of drug-likeness (QED) is 0.823. The second kappa shape index (κ2) is 7.55. The number of hydrogen-bond donors (Lipinski definition) is 1. The Labute approximate surface area is 171 Å². The largest absolute Gasteiger partial charge is 0.391 e. The van der Waals surface area contributed by atoms with Crippen molar-refractivity contribution >= 4 is 5.91 Å². The smallest absolute Gasteiger partial charge is 0.339 e. The van der Waals surface area contributed by atoms with Crippen LogP contribution < -0.4 is 5.56 Å². The molecule has 2 aliphatic rings. The van der Waals surface area contributed by atoms with Crippen LogP contribution in [0.3, 0.4) is 0 Å². The molecule has 162 valence electrons. The number of H-pyrrole nitrogens is 1. The van der Waals surface area contributed by atoms with Gasteiger partial charge in [0.05, 0.1) is 29.1 Å². The third-order valence-electron chi connectivity index (χ3n) is 5.96. The van der Waals surface area contributed by atoms with E-state index in [-0.39, 0.29) is 49.3 Å². The Morgan fingerprint density at radius 1 is 1.23 bits per heavy atom. The molecule has 0 atom stereocenters. The number of carbonyl (C=O) groups is 1. The summed E-state index contributed by atoms with van der Waals surface area (Å²) < 4.78 is 40.3. The molecule has 7 nitrogen and oxygen atoms in total. The average Bonchev–Trinajstić information content (AvgIpc) is 3.34. The number of aromatic amines is 1. The number of aromatic nitrogens is 4. The van der Waals surface area contributed by atoms with E-state index in [2.05, 4.69) is 15.1 Å². The molecule has 2 aromatic rings. The van der Waals surface area contributed by atoms with Gasteiger partial charge in [0.25, 0.3) is 11.5 Å². The SMILES string of the molecule is CC(C)c1c(C(=O)N2CCC(C(F)(F)F)CC2)cnn1-c1nc2c(c(=O)[nH]1)CCC2. The highest BCUT2D eigenvalue weighted by Gasteiger charge is 2.42. The predicted octanol–water partition coefficient (Wildman–Crippen LogP) is 2.98. The van der Waals surface area contributed by atoms with Crippen LogP contribution in [0.4, 0.5) is 13.2 Å². The summed E-state index contributed by atoms with van der Waals surface area (Å²) in [5, 5.41) is 4.30. The summed E-state index contributed by atoms with van der Waals surface area (Å²) in [5.74, 6) is -1.56. The first-order valence-corrected chi connectivity index (χ1v) is 10.2. The number of fused-ring (bicyclic) bond motifs is 1. The molecule has 0 unspecified atom stereocenters. The van der Waals surface area contributed by atoms with E-state index < -0.39 is 12.1 Å². The van der Waals surface area contributed by atoms with Gasteiger partial charge in [0, 0.05) is 18.7 Å². The number of halogens is 3. The molecule has 0 bridgehead atoms. The van der Waals surface area contributed by atoms with Crippen LogP contribution in [-0.2, 0) is 12.8 Å². The van der Waals surface area contributed by atoms with Gasteiger partial charge in [-0.15, -0.1) is 0 Å². The lowest BCUT2D eigenvalue weighted by Crippen LogP contribution is -2.42. The van der Waals surface area contributed by atoms with Crippen LogP contribution >= 0.6 is 0 Å². The lowest BCUT2D eigenvalue weighted by Gasteiger charge is -2.33. The van der Waals surface area contributed by atoms with Crippen LogP contribution in [0.5, 0.6) is 0 Å². The third-order valence-corrected chi connectivity index (χ3v) is 5.96. The van der Waals surface area contributed by atoms with E-state index in [0.717, 1.165) is 18.5 Å². The second-order valence-electron chi connectivity index (χ2n) is 8.29. The van der Waals surface area contributed by atoms with Crippen molar-refractivity contribution in [2.24, 2.45) is 5.92 Å². The fourth-order valence-electron chi connectivity index (χ4n) is 4.36. The van der Waals surface area contributed by atoms with Gasteiger partial charge >= 0.3 is 6.18 Å². The van der Waals surface area contributed by atoms with Gasteiger partial charge in [0.15, 0.2) is 0 Å². The van der Waals surface area contributed by atoms with Crippen molar-refractivity contribution < 1.29 is 18.0 Å². The van der Waals surface area contributed by atoms with Gasteiger partial charge in [0.1, 0.15) is 0 Å². The summed E-state index contributed by atoms with van der Waals surface area (Å²) >= 11 is 0. The Morgan fingerprint density at radius 2 is 1.93 bits per heavy atom. The van der Waals surface area contributed by atoms with E-state index in [1.165, 1.54) is 15.8 Å². The number of nitrogens with zero attached hydrogens (tertiary/aromatic N) is 4. The van der Waals surface area contributed by atoms with E-state index in [4.69, 9.17) is 0 Å². The minimum Gasteiger partial charge on any atom is -0.339 e. The zero-order valence-electron chi connectivity index (χ0n) is 16.9. The summed E-state index contributed by atoms with van der Waals surface area (Å²) in [5.41, 5.74) is 2.17. The predicted molar refractivity (Wildman–Crippen MR) is 103 cm³/mol. The maximum absolute atomic E-state index is 13.1. The van der Waals surface area contributed by atoms with E-state index in [0.29, 0.717) is 23.2 Å². The number of nitrogens with one attached hydrogen (secondary N) is 1. The molecule has 1 aliphatic heterocycles. The molecule has 2 aromatic heterocycles. The number of hydrogen-bond acceptors (Lipinski definition) is 4. The number of alkyl halides is 3. The van der Waals surface area contributed by atoms with E-state index in [1.54, 1.807) is 0 Å². The topological polar surface area (TPSA) is 83.9 Å².